The van der Waals surface area contributed by atoms with E-state index in [-0.39, 0.29) is 0 Å². The van der Waals surface area contributed by atoms with E-state index in [2.05, 4.69) is 10.6 Å². The highest BCUT2D eigenvalue weighted by Gasteiger charge is 2.02. The summed E-state index contributed by atoms with van der Waals surface area (Å²) in [6.07, 6.45) is 3.18. The Morgan fingerprint density at radius 2 is 2.40 bits per heavy atom. The van der Waals surface area contributed by atoms with Crippen molar-refractivity contribution in [1.29, 1.82) is 0 Å². The van der Waals surface area contributed by atoms with Gasteiger partial charge in [0.05, 0.1) is 26.6 Å². The minimum atomic E-state index is 0.639. The summed E-state index contributed by atoms with van der Waals surface area (Å²) in [5.74, 6) is 0.639. The molecule has 1 heterocycles. The Morgan fingerprint density at radius 3 is 3.00 bits per heavy atom. The van der Waals surface area contributed by atoms with E-state index in [9.17, 15) is 0 Å². The van der Waals surface area contributed by atoms with Crippen LogP contribution in [0.2, 0.25) is 0 Å². The molecule has 0 atom stereocenters. The van der Waals surface area contributed by atoms with Gasteiger partial charge in [-0.3, -0.25) is 4.84 Å². The molecule has 0 unspecified atom stereocenters. The van der Waals surface area contributed by atoms with Crippen LogP contribution in [0.1, 0.15) is 0 Å². The smallest absolute Gasteiger partial charge is 0.159 e. The molecule has 0 aromatic rings. The Morgan fingerprint density at radius 1 is 1.60 bits per heavy atom. The van der Waals surface area contributed by atoms with E-state index in [0.717, 1.165) is 0 Å². The summed E-state index contributed by atoms with van der Waals surface area (Å²) in [6, 6.07) is 0. The lowest BCUT2D eigenvalue weighted by Gasteiger charge is -2.18. The van der Waals surface area contributed by atoms with Gasteiger partial charge in [-0.05, 0) is 0 Å². The molecule has 1 aliphatic rings. The summed E-state index contributed by atoms with van der Waals surface area (Å²) in [4.78, 5) is 4.78. The summed E-state index contributed by atoms with van der Waals surface area (Å²) in [5.41, 5.74) is 2.56. The number of hydrogen-bond donors (Lipinski definition) is 1. The summed E-state index contributed by atoms with van der Waals surface area (Å²) >= 11 is 0. The van der Waals surface area contributed by atoms with E-state index >= 15 is 0 Å². The van der Waals surface area contributed by atoms with Crippen LogP contribution in [0.15, 0.2) is 17.1 Å². The number of methoxy groups -OCH3 is 1. The number of nitrogens with one attached hydrogen (secondary N) is 1. The first-order valence-electron chi connectivity index (χ1n) is 2.74. The molecule has 5 nitrogen and oxygen atoms in total. The fourth-order valence-corrected chi connectivity index (χ4v) is 0.526. The Hall–Kier alpha value is -1.23. The molecule has 0 aromatic carbocycles. The van der Waals surface area contributed by atoms with Crippen LogP contribution in [0.5, 0.6) is 0 Å². The topological polar surface area (TPSA) is 46.1 Å². The molecular formula is C5H9N3O2. The maximum absolute atomic E-state index is 4.87. The maximum Gasteiger partial charge on any atom is 0.159 e. The SMILES string of the molecule is COC1=CN(OC)NN=C1. The van der Waals surface area contributed by atoms with Crippen molar-refractivity contribution in [3.05, 3.63) is 12.0 Å². The Balaban J connectivity index is 2.56. The molecule has 5 heteroatoms. The predicted octanol–water partition coefficient (Wildman–Crippen LogP) is -0.158. The molecule has 1 N–H and O–H groups in total. The van der Waals surface area contributed by atoms with Crippen molar-refractivity contribution in [3.63, 3.8) is 0 Å². The second kappa shape index (κ2) is 3.07. The summed E-state index contributed by atoms with van der Waals surface area (Å²) in [5, 5.41) is 5.05. The number of nitrogens with zero attached hydrogens (tertiary/aromatic N) is 2. The number of rotatable bonds is 2. The van der Waals surface area contributed by atoms with Crippen LogP contribution in [0, 0.1) is 0 Å². The highest BCUT2D eigenvalue weighted by atomic mass is 16.7. The lowest BCUT2D eigenvalue weighted by molar-refractivity contribution is -0.132. The van der Waals surface area contributed by atoms with Crippen LogP contribution >= 0.6 is 0 Å². The molecule has 1 aliphatic heterocycles. The van der Waals surface area contributed by atoms with Gasteiger partial charge in [-0.1, -0.05) is 0 Å². The maximum atomic E-state index is 4.87. The summed E-state index contributed by atoms with van der Waals surface area (Å²) in [7, 11) is 3.09. The quantitative estimate of drug-likeness (QED) is 0.583. The third-order valence-corrected chi connectivity index (χ3v) is 1.02. The molecular weight excluding hydrogens is 134 g/mol. The Labute approximate surface area is 58.8 Å². The largest absolute Gasteiger partial charge is 0.493 e. The van der Waals surface area contributed by atoms with Gasteiger partial charge in [0.2, 0.25) is 0 Å². The number of hydrogen-bond acceptors (Lipinski definition) is 5. The van der Waals surface area contributed by atoms with Crippen LogP contribution in [0.4, 0.5) is 0 Å². The standard InChI is InChI=1S/C5H9N3O2/c1-9-5-3-6-7-8(4-5)10-2/h3-4,7H,1-2H3. The Kier molecular flexibility index (Phi) is 2.11. The molecule has 56 valence electrons. The van der Waals surface area contributed by atoms with E-state index in [0.29, 0.717) is 5.76 Å². The average Bonchev–Trinajstić information content (AvgIpc) is 2.05. The normalized spacial score (nSPS) is 16.2. The third-order valence-electron chi connectivity index (χ3n) is 1.02. The summed E-state index contributed by atoms with van der Waals surface area (Å²) in [6.45, 7) is 0. The lowest BCUT2D eigenvalue weighted by atomic mass is 10.6. The monoisotopic (exact) mass is 143 g/mol. The van der Waals surface area contributed by atoms with Crippen LogP contribution in [-0.4, -0.2) is 25.6 Å². The van der Waals surface area contributed by atoms with Crippen molar-refractivity contribution in [1.82, 2.24) is 10.7 Å². The first-order valence-corrected chi connectivity index (χ1v) is 2.74. The van der Waals surface area contributed by atoms with E-state index in [1.54, 1.807) is 19.5 Å². The number of allylic oxidation sites excluding steroid dienone is 1. The van der Waals surface area contributed by atoms with E-state index in [1.165, 1.54) is 12.3 Å². The zero-order chi connectivity index (χ0) is 7.40. The van der Waals surface area contributed by atoms with Crippen LogP contribution < -0.4 is 5.53 Å². The van der Waals surface area contributed by atoms with Gasteiger partial charge in [0.25, 0.3) is 0 Å². The second-order valence-corrected chi connectivity index (χ2v) is 1.60. The van der Waals surface area contributed by atoms with Gasteiger partial charge < -0.3 is 4.74 Å². The van der Waals surface area contributed by atoms with E-state index in [4.69, 9.17) is 9.57 Å². The van der Waals surface area contributed by atoms with Gasteiger partial charge in [0, 0.05) is 0 Å². The second-order valence-electron chi connectivity index (χ2n) is 1.60. The van der Waals surface area contributed by atoms with Crippen molar-refractivity contribution in [3.8, 4) is 0 Å². The fourth-order valence-electron chi connectivity index (χ4n) is 0.526. The predicted molar refractivity (Wildman–Crippen MR) is 35.6 cm³/mol. The molecule has 0 aliphatic carbocycles. The van der Waals surface area contributed by atoms with Gasteiger partial charge in [-0.15, -0.1) is 5.17 Å². The van der Waals surface area contributed by atoms with Crippen molar-refractivity contribution in [2.24, 2.45) is 5.10 Å². The van der Waals surface area contributed by atoms with Crippen molar-refractivity contribution < 1.29 is 9.57 Å². The lowest BCUT2D eigenvalue weighted by Crippen LogP contribution is -2.31. The fraction of sp³-hybridized carbons (Fsp3) is 0.400. The number of hydrazine groups is 1. The molecule has 0 fully saturated rings. The molecule has 0 radical (unpaired) electrons. The zero-order valence-electron chi connectivity index (χ0n) is 5.87. The summed E-state index contributed by atoms with van der Waals surface area (Å²) < 4.78 is 4.87. The molecule has 0 spiro atoms. The highest BCUT2D eigenvalue weighted by Crippen LogP contribution is 1.98. The zero-order valence-corrected chi connectivity index (χ0v) is 5.87. The molecule has 0 aromatic heterocycles. The van der Waals surface area contributed by atoms with Gasteiger partial charge in [0.15, 0.2) is 5.76 Å². The average molecular weight is 143 g/mol. The molecule has 10 heavy (non-hydrogen) atoms. The minimum Gasteiger partial charge on any atom is -0.493 e. The minimum absolute atomic E-state index is 0.639. The molecule has 0 saturated carbocycles. The highest BCUT2D eigenvalue weighted by molar-refractivity contribution is 5.75. The van der Waals surface area contributed by atoms with Crippen LogP contribution in [0.25, 0.3) is 0 Å². The molecule has 1 rings (SSSR count). The van der Waals surface area contributed by atoms with E-state index < -0.39 is 0 Å². The molecule has 0 bridgehead atoms. The number of hydrazone groups is 1. The number of hydroxylamine groups is 1. The van der Waals surface area contributed by atoms with Gasteiger partial charge >= 0.3 is 0 Å². The third kappa shape index (κ3) is 1.38. The van der Waals surface area contributed by atoms with Crippen molar-refractivity contribution in [2.45, 2.75) is 0 Å². The van der Waals surface area contributed by atoms with Crippen molar-refractivity contribution in [2.75, 3.05) is 14.2 Å². The van der Waals surface area contributed by atoms with Crippen LogP contribution in [-0.2, 0) is 9.57 Å². The van der Waals surface area contributed by atoms with Gasteiger partial charge in [-0.25, -0.2) is 0 Å². The molecule has 0 amide bonds. The van der Waals surface area contributed by atoms with Crippen molar-refractivity contribution >= 4 is 6.21 Å². The Bertz CT molecular complexity index is 166. The van der Waals surface area contributed by atoms with Crippen LogP contribution in [0.3, 0.4) is 0 Å². The van der Waals surface area contributed by atoms with Gasteiger partial charge in [0.1, 0.15) is 0 Å². The van der Waals surface area contributed by atoms with Gasteiger partial charge in [-0.2, -0.15) is 10.6 Å². The number of ether oxygens (including phenoxy) is 1. The van der Waals surface area contributed by atoms with E-state index in [1.807, 2.05) is 0 Å². The molecule has 0 saturated heterocycles. The first kappa shape index (κ1) is 6.88. The first-order chi connectivity index (χ1) is 4.86.